The zero-order chi connectivity index (χ0) is 16.5. The summed E-state index contributed by atoms with van der Waals surface area (Å²) < 4.78 is 15.4. The van der Waals surface area contributed by atoms with Crippen LogP contribution in [0.5, 0.6) is 0 Å². The molecule has 1 aromatic carbocycles. The SMILES string of the molecule is O=C(c1cccnc1)N1CCC[C@H](n2cnc3cc(F)ccc32)C1. The largest absolute Gasteiger partial charge is 0.337 e. The van der Waals surface area contributed by atoms with Crippen molar-refractivity contribution < 1.29 is 9.18 Å². The molecule has 1 atom stereocenters. The highest BCUT2D eigenvalue weighted by Crippen LogP contribution is 2.26. The van der Waals surface area contributed by atoms with Crippen LogP contribution in [0.25, 0.3) is 11.0 Å². The first-order valence-electron chi connectivity index (χ1n) is 8.04. The Labute approximate surface area is 138 Å². The quantitative estimate of drug-likeness (QED) is 0.728. The van der Waals surface area contributed by atoms with E-state index in [9.17, 15) is 9.18 Å². The third kappa shape index (κ3) is 2.64. The molecule has 0 saturated carbocycles. The molecule has 0 spiro atoms. The van der Waals surface area contributed by atoms with Crippen LogP contribution in [0.4, 0.5) is 4.39 Å². The van der Waals surface area contributed by atoms with E-state index >= 15 is 0 Å². The fourth-order valence-electron chi connectivity index (χ4n) is 3.33. The molecule has 0 radical (unpaired) electrons. The second-order valence-corrected chi connectivity index (χ2v) is 6.07. The topological polar surface area (TPSA) is 51.0 Å². The van der Waals surface area contributed by atoms with Gasteiger partial charge in [0.1, 0.15) is 5.82 Å². The van der Waals surface area contributed by atoms with Crippen LogP contribution in [0.2, 0.25) is 0 Å². The molecule has 4 rings (SSSR count). The Kier molecular flexibility index (Phi) is 3.72. The highest BCUT2D eigenvalue weighted by atomic mass is 19.1. The van der Waals surface area contributed by atoms with E-state index in [1.54, 1.807) is 36.9 Å². The number of halogens is 1. The summed E-state index contributed by atoms with van der Waals surface area (Å²) in [6.45, 7) is 1.36. The second-order valence-electron chi connectivity index (χ2n) is 6.07. The lowest BCUT2D eigenvalue weighted by Crippen LogP contribution is -2.40. The van der Waals surface area contributed by atoms with E-state index in [1.165, 1.54) is 12.1 Å². The number of hydrogen-bond donors (Lipinski definition) is 0. The molecule has 1 amide bonds. The lowest BCUT2D eigenvalue weighted by Gasteiger charge is -2.33. The van der Waals surface area contributed by atoms with Crippen molar-refractivity contribution in [2.75, 3.05) is 13.1 Å². The summed E-state index contributed by atoms with van der Waals surface area (Å²) in [7, 11) is 0. The van der Waals surface area contributed by atoms with Gasteiger partial charge in [-0.15, -0.1) is 0 Å². The Morgan fingerprint density at radius 2 is 2.21 bits per heavy atom. The van der Waals surface area contributed by atoms with E-state index in [4.69, 9.17) is 0 Å². The van der Waals surface area contributed by atoms with Gasteiger partial charge in [0.2, 0.25) is 0 Å². The number of carbonyl (C=O) groups excluding carboxylic acids is 1. The normalized spacial score (nSPS) is 18.0. The van der Waals surface area contributed by atoms with Gasteiger partial charge < -0.3 is 9.47 Å². The molecule has 1 aliphatic rings. The zero-order valence-corrected chi connectivity index (χ0v) is 13.1. The molecule has 1 saturated heterocycles. The number of likely N-dealkylation sites (tertiary alicyclic amines) is 1. The van der Waals surface area contributed by atoms with E-state index < -0.39 is 0 Å². The Balaban J connectivity index is 1.59. The molecule has 6 heteroatoms. The van der Waals surface area contributed by atoms with Crippen LogP contribution in [0, 0.1) is 5.82 Å². The van der Waals surface area contributed by atoms with Crippen LogP contribution in [0.3, 0.4) is 0 Å². The Hall–Kier alpha value is -2.76. The maximum absolute atomic E-state index is 13.3. The number of nitrogens with zero attached hydrogens (tertiary/aromatic N) is 4. The third-order valence-electron chi connectivity index (χ3n) is 4.52. The molecule has 1 fully saturated rings. The van der Waals surface area contributed by atoms with Crippen molar-refractivity contribution >= 4 is 16.9 Å². The van der Waals surface area contributed by atoms with Crippen LogP contribution in [0.15, 0.2) is 49.1 Å². The minimum Gasteiger partial charge on any atom is -0.337 e. The number of rotatable bonds is 2. The van der Waals surface area contributed by atoms with E-state index in [-0.39, 0.29) is 17.8 Å². The van der Waals surface area contributed by atoms with E-state index in [0.29, 0.717) is 17.6 Å². The van der Waals surface area contributed by atoms with Gasteiger partial charge in [0.25, 0.3) is 5.91 Å². The van der Waals surface area contributed by atoms with E-state index in [1.807, 2.05) is 4.90 Å². The van der Waals surface area contributed by atoms with E-state index in [2.05, 4.69) is 14.5 Å². The van der Waals surface area contributed by atoms with Gasteiger partial charge in [-0.2, -0.15) is 0 Å². The average Bonchev–Trinajstić information content (AvgIpc) is 3.05. The summed E-state index contributed by atoms with van der Waals surface area (Å²) in [6, 6.07) is 8.34. The van der Waals surface area contributed by atoms with Gasteiger partial charge in [0.15, 0.2) is 0 Å². The number of pyridine rings is 1. The molecule has 0 N–H and O–H groups in total. The number of benzene rings is 1. The van der Waals surface area contributed by atoms with Crippen LogP contribution >= 0.6 is 0 Å². The van der Waals surface area contributed by atoms with Crippen molar-refractivity contribution in [3.8, 4) is 0 Å². The number of imidazole rings is 1. The van der Waals surface area contributed by atoms with Gasteiger partial charge >= 0.3 is 0 Å². The number of aromatic nitrogens is 3. The second kappa shape index (κ2) is 6.03. The van der Waals surface area contributed by atoms with Gasteiger partial charge in [-0.05, 0) is 37.1 Å². The number of hydrogen-bond acceptors (Lipinski definition) is 3. The Morgan fingerprint density at radius 1 is 1.29 bits per heavy atom. The molecule has 0 aliphatic carbocycles. The van der Waals surface area contributed by atoms with Crippen LogP contribution in [-0.2, 0) is 0 Å². The maximum atomic E-state index is 13.3. The minimum atomic E-state index is -0.287. The van der Waals surface area contributed by atoms with Crippen molar-refractivity contribution in [3.05, 3.63) is 60.4 Å². The third-order valence-corrected chi connectivity index (χ3v) is 4.52. The van der Waals surface area contributed by atoms with Crippen molar-refractivity contribution in [3.63, 3.8) is 0 Å². The van der Waals surface area contributed by atoms with Crippen LogP contribution in [0.1, 0.15) is 29.2 Å². The summed E-state index contributed by atoms with van der Waals surface area (Å²) in [6.07, 6.45) is 6.90. The van der Waals surface area contributed by atoms with Crippen molar-refractivity contribution in [2.24, 2.45) is 0 Å². The predicted molar refractivity (Wildman–Crippen MR) is 88.1 cm³/mol. The minimum absolute atomic E-state index is 0.00302. The van der Waals surface area contributed by atoms with Gasteiger partial charge in [-0.3, -0.25) is 9.78 Å². The predicted octanol–water partition coefficient (Wildman–Crippen LogP) is 3.05. The van der Waals surface area contributed by atoms with Crippen molar-refractivity contribution in [2.45, 2.75) is 18.9 Å². The highest BCUT2D eigenvalue weighted by Gasteiger charge is 2.26. The monoisotopic (exact) mass is 324 g/mol. The summed E-state index contributed by atoms with van der Waals surface area (Å²) in [5, 5.41) is 0. The molecule has 0 unspecified atom stereocenters. The molecule has 122 valence electrons. The summed E-state index contributed by atoms with van der Waals surface area (Å²) >= 11 is 0. The molecular formula is C18H17FN4O. The van der Waals surface area contributed by atoms with E-state index in [0.717, 1.165) is 24.9 Å². The molecule has 3 heterocycles. The fraction of sp³-hybridized carbons (Fsp3) is 0.278. The average molecular weight is 324 g/mol. The summed E-state index contributed by atoms with van der Waals surface area (Å²) in [5.41, 5.74) is 2.15. The molecule has 0 bridgehead atoms. The zero-order valence-electron chi connectivity index (χ0n) is 13.1. The van der Waals surface area contributed by atoms with Gasteiger partial charge in [-0.25, -0.2) is 9.37 Å². The number of carbonyl (C=O) groups is 1. The number of amides is 1. The first-order chi connectivity index (χ1) is 11.7. The fourth-order valence-corrected chi connectivity index (χ4v) is 3.33. The maximum Gasteiger partial charge on any atom is 0.255 e. The number of piperidine rings is 1. The Bertz CT molecular complexity index is 877. The first kappa shape index (κ1) is 14.8. The number of fused-ring (bicyclic) bond motifs is 1. The lowest BCUT2D eigenvalue weighted by atomic mass is 10.0. The standard InChI is InChI=1S/C18H17FN4O/c19-14-5-6-17-16(9-14)21-12-23(17)15-4-2-8-22(11-15)18(24)13-3-1-7-20-10-13/h1,3,5-7,9-10,12,15H,2,4,8,11H2/t15-/m0/s1. The van der Waals surface area contributed by atoms with Crippen LogP contribution in [-0.4, -0.2) is 38.4 Å². The summed E-state index contributed by atoms with van der Waals surface area (Å²) in [4.78, 5) is 22.8. The van der Waals surface area contributed by atoms with Gasteiger partial charge in [0.05, 0.1) is 29.0 Å². The highest BCUT2D eigenvalue weighted by molar-refractivity contribution is 5.94. The van der Waals surface area contributed by atoms with Crippen molar-refractivity contribution in [1.82, 2.24) is 19.4 Å². The molecule has 5 nitrogen and oxygen atoms in total. The lowest BCUT2D eigenvalue weighted by molar-refractivity contribution is 0.0681. The van der Waals surface area contributed by atoms with Gasteiger partial charge in [-0.1, -0.05) is 0 Å². The Morgan fingerprint density at radius 3 is 3.04 bits per heavy atom. The molecular weight excluding hydrogens is 307 g/mol. The first-order valence-corrected chi connectivity index (χ1v) is 8.04. The molecule has 24 heavy (non-hydrogen) atoms. The molecule has 2 aromatic heterocycles. The molecule has 3 aromatic rings. The van der Waals surface area contributed by atoms with Crippen LogP contribution < -0.4 is 0 Å². The van der Waals surface area contributed by atoms with Crippen molar-refractivity contribution in [1.29, 1.82) is 0 Å². The smallest absolute Gasteiger partial charge is 0.255 e. The van der Waals surface area contributed by atoms with Gasteiger partial charge in [0, 0.05) is 31.5 Å². The molecule has 1 aliphatic heterocycles. The summed E-state index contributed by atoms with van der Waals surface area (Å²) in [5.74, 6) is -0.284.